The summed E-state index contributed by atoms with van der Waals surface area (Å²) in [6.45, 7) is 11.3. The molecule has 5 nitrogen and oxygen atoms in total. The number of anilines is 1. The van der Waals surface area contributed by atoms with Crippen LogP contribution in [0.15, 0.2) is 29.3 Å². The van der Waals surface area contributed by atoms with E-state index in [2.05, 4.69) is 40.9 Å². The van der Waals surface area contributed by atoms with Crippen LogP contribution in [-0.4, -0.2) is 55.7 Å². The zero-order valence-electron chi connectivity index (χ0n) is 15.2. The fourth-order valence-electron chi connectivity index (χ4n) is 2.77. The number of piperazine rings is 1. The Morgan fingerprint density at radius 3 is 2.33 bits per heavy atom. The first kappa shape index (κ1) is 20.9. The number of halogens is 1. The standard InChI is InChI=1S/C18H30N4O.HI/c1-18(2,3)9-10-20-17(19-4)22-13-11-21(12-14-22)15-7-5-6-8-16(15)23;/h5-8,23H,9-14H2,1-4H3,(H,19,20);1H. The normalized spacial score (nSPS) is 15.9. The predicted octanol–water partition coefficient (Wildman–Crippen LogP) is 3.14. The number of para-hydroxylation sites is 2. The molecule has 0 unspecified atom stereocenters. The molecule has 1 fully saturated rings. The first-order chi connectivity index (χ1) is 10.9. The van der Waals surface area contributed by atoms with Crippen LogP contribution in [0.4, 0.5) is 5.69 Å². The molecule has 1 aliphatic heterocycles. The molecule has 1 aromatic rings. The van der Waals surface area contributed by atoms with E-state index in [9.17, 15) is 5.11 Å². The third-order valence-corrected chi connectivity index (χ3v) is 4.17. The van der Waals surface area contributed by atoms with Gasteiger partial charge in [0.1, 0.15) is 5.75 Å². The number of phenolic OH excluding ortho intramolecular Hbond substituents is 1. The molecular weight excluding hydrogens is 415 g/mol. The van der Waals surface area contributed by atoms with Crippen molar-refractivity contribution in [1.29, 1.82) is 0 Å². The minimum absolute atomic E-state index is 0. The average Bonchev–Trinajstić information content (AvgIpc) is 2.51. The summed E-state index contributed by atoms with van der Waals surface area (Å²) >= 11 is 0. The lowest BCUT2D eigenvalue weighted by molar-refractivity contribution is 0.352. The number of phenols is 1. The quantitative estimate of drug-likeness (QED) is 0.426. The summed E-state index contributed by atoms with van der Waals surface area (Å²) in [5, 5.41) is 13.5. The Labute approximate surface area is 163 Å². The Kier molecular flexibility index (Phi) is 8.12. The Morgan fingerprint density at radius 2 is 1.79 bits per heavy atom. The van der Waals surface area contributed by atoms with Crippen LogP contribution < -0.4 is 10.2 Å². The highest BCUT2D eigenvalue weighted by atomic mass is 127. The fourth-order valence-corrected chi connectivity index (χ4v) is 2.77. The minimum atomic E-state index is 0. The van der Waals surface area contributed by atoms with E-state index in [0.29, 0.717) is 11.2 Å². The van der Waals surface area contributed by atoms with Crippen LogP contribution in [0.1, 0.15) is 27.2 Å². The van der Waals surface area contributed by atoms with E-state index in [-0.39, 0.29) is 24.0 Å². The van der Waals surface area contributed by atoms with Crippen molar-refractivity contribution in [3.8, 4) is 5.75 Å². The topological polar surface area (TPSA) is 51.1 Å². The van der Waals surface area contributed by atoms with Crippen molar-refractivity contribution in [3.63, 3.8) is 0 Å². The Morgan fingerprint density at radius 1 is 1.17 bits per heavy atom. The summed E-state index contributed by atoms with van der Waals surface area (Å²) in [4.78, 5) is 8.93. The summed E-state index contributed by atoms with van der Waals surface area (Å²) in [7, 11) is 1.84. The SMILES string of the molecule is CN=C(NCCC(C)(C)C)N1CCN(c2ccccc2O)CC1.I. The van der Waals surface area contributed by atoms with E-state index in [1.807, 2.05) is 25.2 Å². The highest BCUT2D eigenvalue weighted by Crippen LogP contribution is 2.27. The third-order valence-electron chi connectivity index (χ3n) is 4.17. The summed E-state index contributed by atoms with van der Waals surface area (Å²) in [5.41, 5.74) is 1.25. The van der Waals surface area contributed by atoms with Crippen molar-refractivity contribution in [2.24, 2.45) is 10.4 Å². The maximum atomic E-state index is 9.99. The Bertz CT molecular complexity index is 534. The Balaban J connectivity index is 0.00000288. The molecule has 1 aromatic carbocycles. The molecule has 1 heterocycles. The summed E-state index contributed by atoms with van der Waals surface area (Å²) in [5.74, 6) is 1.33. The molecule has 0 radical (unpaired) electrons. The average molecular weight is 446 g/mol. The van der Waals surface area contributed by atoms with Gasteiger partial charge in [0, 0.05) is 39.8 Å². The Hall–Kier alpha value is -1.18. The van der Waals surface area contributed by atoms with E-state index in [1.165, 1.54) is 0 Å². The van der Waals surface area contributed by atoms with Crippen LogP contribution in [0.25, 0.3) is 0 Å². The lowest BCUT2D eigenvalue weighted by Gasteiger charge is -2.38. The second-order valence-electron chi connectivity index (χ2n) is 7.25. The molecule has 136 valence electrons. The zero-order chi connectivity index (χ0) is 16.9. The number of guanidine groups is 1. The van der Waals surface area contributed by atoms with Crippen LogP contribution in [0.3, 0.4) is 0 Å². The van der Waals surface area contributed by atoms with Gasteiger partial charge < -0.3 is 20.2 Å². The van der Waals surface area contributed by atoms with E-state index in [0.717, 1.165) is 50.8 Å². The van der Waals surface area contributed by atoms with E-state index >= 15 is 0 Å². The van der Waals surface area contributed by atoms with Crippen LogP contribution in [-0.2, 0) is 0 Å². The molecule has 24 heavy (non-hydrogen) atoms. The lowest BCUT2D eigenvalue weighted by atomic mass is 9.92. The summed E-state index contributed by atoms with van der Waals surface area (Å²) < 4.78 is 0. The van der Waals surface area contributed by atoms with Gasteiger partial charge in [-0.15, -0.1) is 24.0 Å². The first-order valence-electron chi connectivity index (χ1n) is 8.39. The van der Waals surface area contributed by atoms with Gasteiger partial charge in [0.15, 0.2) is 5.96 Å². The minimum Gasteiger partial charge on any atom is -0.506 e. The van der Waals surface area contributed by atoms with Crippen LogP contribution in [0.5, 0.6) is 5.75 Å². The zero-order valence-corrected chi connectivity index (χ0v) is 17.6. The van der Waals surface area contributed by atoms with Gasteiger partial charge in [-0.25, -0.2) is 0 Å². The number of hydrogen-bond donors (Lipinski definition) is 2. The number of benzene rings is 1. The summed E-state index contributed by atoms with van der Waals surface area (Å²) in [6.07, 6.45) is 1.11. The lowest BCUT2D eigenvalue weighted by Crippen LogP contribution is -2.52. The second kappa shape index (κ2) is 9.34. The first-order valence-corrected chi connectivity index (χ1v) is 8.39. The van der Waals surface area contributed by atoms with Crippen molar-refractivity contribution in [2.45, 2.75) is 27.2 Å². The number of rotatable bonds is 3. The van der Waals surface area contributed by atoms with Gasteiger partial charge in [-0.2, -0.15) is 0 Å². The highest BCUT2D eigenvalue weighted by Gasteiger charge is 2.21. The van der Waals surface area contributed by atoms with Gasteiger partial charge in [0.25, 0.3) is 0 Å². The summed E-state index contributed by atoms with van der Waals surface area (Å²) in [6, 6.07) is 7.54. The molecule has 0 bridgehead atoms. The molecular formula is C18H31IN4O. The van der Waals surface area contributed by atoms with Crippen LogP contribution >= 0.6 is 24.0 Å². The van der Waals surface area contributed by atoms with Gasteiger partial charge in [-0.05, 0) is 24.0 Å². The van der Waals surface area contributed by atoms with Crippen molar-refractivity contribution >= 4 is 35.6 Å². The molecule has 0 atom stereocenters. The molecule has 0 aliphatic carbocycles. The monoisotopic (exact) mass is 446 g/mol. The molecule has 1 saturated heterocycles. The van der Waals surface area contributed by atoms with Gasteiger partial charge in [-0.3, -0.25) is 4.99 Å². The number of nitrogens with one attached hydrogen (secondary N) is 1. The van der Waals surface area contributed by atoms with E-state index in [4.69, 9.17) is 0 Å². The van der Waals surface area contributed by atoms with Crippen LogP contribution in [0, 0.1) is 5.41 Å². The molecule has 0 saturated carbocycles. The molecule has 1 aliphatic rings. The van der Waals surface area contributed by atoms with Crippen molar-refractivity contribution in [3.05, 3.63) is 24.3 Å². The number of hydrogen-bond acceptors (Lipinski definition) is 3. The smallest absolute Gasteiger partial charge is 0.193 e. The van der Waals surface area contributed by atoms with Crippen molar-refractivity contribution < 1.29 is 5.11 Å². The largest absolute Gasteiger partial charge is 0.506 e. The molecule has 0 amide bonds. The predicted molar refractivity (Wildman–Crippen MR) is 113 cm³/mol. The molecule has 2 N–H and O–H groups in total. The number of aromatic hydroxyl groups is 1. The number of aliphatic imine (C=N–C) groups is 1. The maximum Gasteiger partial charge on any atom is 0.193 e. The molecule has 2 rings (SSSR count). The molecule has 0 aromatic heterocycles. The van der Waals surface area contributed by atoms with E-state index in [1.54, 1.807) is 6.07 Å². The third kappa shape index (κ3) is 6.03. The van der Waals surface area contributed by atoms with E-state index < -0.39 is 0 Å². The number of nitrogens with zero attached hydrogens (tertiary/aromatic N) is 3. The van der Waals surface area contributed by atoms with Gasteiger partial charge >= 0.3 is 0 Å². The van der Waals surface area contributed by atoms with Gasteiger partial charge in [0.2, 0.25) is 0 Å². The highest BCUT2D eigenvalue weighted by molar-refractivity contribution is 14.0. The van der Waals surface area contributed by atoms with Gasteiger partial charge in [0.05, 0.1) is 5.69 Å². The molecule has 0 spiro atoms. The van der Waals surface area contributed by atoms with Crippen molar-refractivity contribution in [1.82, 2.24) is 10.2 Å². The fraction of sp³-hybridized carbons (Fsp3) is 0.611. The second-order valence-corrected chi connectivity index (χ2v) is 7.25. The van der Waals surface area contributed by atoms with Gasteiger partial charge in [-0.1, -0.05) is 32.9 Å². The van der Waals surface area contributed by atoms with Crippen LogP contribution in [0.2, 0.25) is 0 Å². The van der Waals surface area contributed by atoms with Crippen molar-refractivity contribution in [2.75, 3.05) is 44.7 Å². The maximum absolute atomic E-state index is 9.99. The molecule has 6 heteroatoms.